The SMILES string of the molecule is CC[C@H](Oc1ccc(F)cc1)C(=O)NCCOc1ccc(C(C)(C)C)cc1. The summed E-state index contributed by atoms with van der Waals surface area (Å²) in [6, 6.07) is 13.6. The Morgan fingerprint density at radius 2 is 1.63 bits per heavy atom. The maximum atomic E-state index is 12.9. The molecule has 2 rings (SSSR count). The smallest absolute Gasteiger partial charge is 0.261 e. The summed E-state index contributed by atoms with van der Waals surface area (Å²) >= 11 is 0. The normalized spacial score (nSPS) is 12.3. The molecule has 4 nitrogen and oxygen atoms in total. The van der Waals surface area contributed by atoms with Crippen molar-refractivity contribution < 1.29 is 18.7 Å². The fourth-order valence-electron chi connectivity index (χ4n) is 2.51. The van der Waals surface area contributed by atoms with Gasteiger partial charge in [0.15, 0.2) is 6.10 Å². The lowest BCUT2D eigenvalue weighted by molar-refractivity contribution is -0.128. The first-order chi connectivity index (χ1) is 12.8. The van der Waals surface area contributed by atoms with Crippen LogP contribution >= 0.6 is 0 Å². The monoisotopic (exact) mass is 373 g/mol. The third-order valence-electron chi connectivity index (χ3n) is 4.15. The number of carbonyl (C=O) groups is 1. The first-order valence-corrected chi connectivity index (χ1v) is 9.23. The van der Waals surface area contributed by atoms with Gasteiger partial charge in [0, 0.05) is 0 Å². The molecule has 1 atom stereocenters. The summed E-state index contributed by atoms with van der Waals surface area (Å²) in [5.74, 6) is 0.682. The van der Waals surface area contributed by atoms with Gasteiger partial charge in [-0.3, -0.25) is 4.79 Å². The molecule has 0 saturated heterocycles. The number of ether oxygens (including phenoxy) is 2. The molecule has 0 spiro atoms. The van der Waals surface area contributed by atoms with E-state index in [0.717, 1.165) is 5.75 Å². The van der Waals surface area contributed by atoms with Crippen molar-refractivity contribution >= 4 is 5.91 Å². The molecule has 0 heterocycles. The molecule has 0 unspecified atom stereocenters. The fourth-order valence-corrected chi connectivity index (χ4v) is 2.51. The number of benzene rings is 2. The quantitative estimate of drug-likeness (QED) is 0.694. The van der Waals surface area contributed by atoms with E-state index >= 15 is 0 Å². The van der Waals surface area contributed by atoms with Crippen molar-refractivity contribution in [2.24, 2.45) is 0 Å². The van der Waals surface area contributed by atoms with E-state index in [1.807, 2.05) is 19.1 Å². The molecule has 0 aromatic heterocycles. The van der Waals surface area contributed by atoms with E-state index in [1.54, 1.807) is 0 Å². The predicted molar refractivity (Wildman–Crippen MR) is 105 cm³/mol. The lowest BCUT2D eigenvalue weighted by Crippen LogP contribution is -2.39. The van der Waals surface area contributed by atoms with Gasteiger partial charge in [-0.2, -0.15) is 0 Å². The van der Waals surface area contributed by atoms with Crippen LogP contribution in [0.3, 0.4) is 0 Å². The van der Waals surface area contributed by atoms with Crippen LogP contribution in [0.1, 0.15) is 39.7 Å². The van der Waals surface area contributed by atoms with Crippen molar-refractivity contribution in [1.29, 1.82) is 0 Å². The van der Waals surface area contributed by atoms with Crippen LogP contribution < -0.4 is 14.8 Å². The highest BCUT2D eigenvalue weighted by molar-refractivity contribution is 5.81. The Bertz CT molecular complexity index is 721. The maximum Gasteiger partial charge on any atom is 0.261 e. The maximum absolute atomic E-state index is 12.9. The first-order valence-electron chi connectivity index (χ1n) is 9.23. The molecule has 5 heteroatoms. The molecule has 0 bridgehead atoms. The van der Waals surface area contributed by atoms with Crippen LogP contribution in [0.25, 0.3) is 0 Å². The third kappa shape index (κ3) is 6.59. The molecule has 146 valence electrons. The van der Waals surface area contributed by atoms with Gasteiger partial charge < -0.3 is 14.8 Å². The topological polar surface area (TPSA) is 47.6 Å². The molecule has 0 aliphatic rings. The fraction of sp³-hybridized carbons (Fsp3) is 0.409. The third-order valence-corrected chi connectivity index (χ3v) is 4.15. The van der Waals surface area contributed by atoms with Crippen molar-refractivity contribution in [1.82, 2.24) is 5.32 Å². The summed E-state index contributed by atoms with van der Waals surface area (Å²) in [4.78, 5) is 12.2. The average Bonchev–Trinajstić information content (AvgIpc) is 2.64. The van der Waals surface area contributed by atoms with Gasteiger partial charge in [-0.15, -0.1) is 0 Å². The molecule has 0 aliphatic heterocycles. The molecule has 0 radical (unpaired) electrons. The Labute approximate surface area is 160 Å². The summed E-state index contributed by atoms with van der Waals surface area (Å²) < 4.78 is 24.2. The second kappa shape index (κ2) is 9.40. The lowest BCUT2D eigenvalue weighted by atomic mass is 9.87. The molecule has 0 aliphatic carbocycles. The average molecular weight is 373 g/mol. The minimum absolute atomic E-state index is 0.103. The molecule has 2 aromatic rings. The summed E-state index contributed by atoms with van der Waals surface area (Å²) in [5.41, 5.74) is 1.35. The number of amides is 1. The largest absolute Gasteiger partial charge is 0.492 e. The van der Waals surface area contributed by atoms with Crippen molar-refractivity contribution in [2.75, 3.05) is 13.2 Å². The summed E-state index contributed by atoms with van der Waals surface area (Å²) in [7, 11) is 0. The zero-order valence-electron chi connectivity index (χ0n) is 16.4. The van der Waals surface area contributed by atoms with Crippen LogP contribution in [0, 0.1) is 5.82 Å². The highest BCUT2D eigenvalue weighted by atomic mass is 19.1. The van der Waals surface area contributed by atoms with Gasteiger partial charge in [0.2, 0.25) is 0 Å². The zero-order chi connectivity index (χ0) is 19.9. The summed E-state index contributed by atoms with van der Waals surface area (Å²) in [5, 5.41) is 2.81. The van der Waals surface area contributed by atoms with Gasteiger partial charge in [-0.05, 0) is 53.8 Å². The Balaban J connectivity index is 1.76. The molecule has 27 heavy (non-hydrogen) atoms. The molecular formula is C22H28FNO3. The van der Waals surface area contributed by atoms with Gasteiger partial charge in [0.25, 0.3) is 5.91 Å². The Morgan fingerprint density at radius 1 is 1.04 bits per heavy atom. The van der Waals surface area contributed by atoms with Crippen molar-refractivity contribution in [3.8, 4) is 11.5 Å². The Morgan fingerprint density at radius 3 is 2.19 bits per heavy atom. The van der Waals surface area contributed by atoms with Gasteiger partial charge >= 0.3 is 0 Å². The predicted octanol–water partition coefficient (Wildman–Crippen LogP) is 4.48. The lowest BCUT2D eigenvalue weighted by Gasteiger charge is -2.19. The molecular weight excluding hydrogens is 345 g/mol. The highest BCUT2D eigenvalue weighted by Gasteiger charge is 2.18. The van der Waals surface area contributed by atoms with Crippen molar-refractivity contribution in [3.63, 3.8) is 0 Å². The summed E-state index contributed by atoms with van der Waals surface area (Å²) in [6.45, 7) is 9.10. The minimum Gasteiger partial charge on any atom is -0.492 e. The molecule has 0 fully saturated rings. The Hall–Kier alpha value is -2.56. The van der Waals surface area contributed by atoms with Gasteiger partial charge in [-0.25, -0.2) is 4.39 Å². The number of hydrogen-bond donors (Lipinski definition) is 1. The molecule has 1 amide bonds. The first kappa shape index (κ1) is 20.7. The van der Waals surface area contributed by atoms with E-state index in [4.69, 9.17) is 9.47 Å². The summed E-state index contributed by atoms with van der Waals surface area (Å²) in [6.07, 6.45) is -0.111. The van der Waals surface area contributed by atoms with Crippen LogP contribution in [-0.4, -0.2) is 25.2 Å². The highest BCUT2D eigenvalue weighted by Crippen LogP contribution is 2.24. The molecule has 0 saturated carbocycles. The molecule has 2 aromatic carbocycles. The number of halogens is 1. The van der Waals surface area contributed by atoms with Crippen LogP contribution in [0.15, 0.2) is 48.5 Å². The van der Waals surface area contributed by atoms with Crippen molar-refractivity contribution in [3.05, 3.63) is 59.9 Å². The molecule has 1 N–H and O–H groups in total. The number of rotatable bonds is 8. The second-order valence-electron chi connectivity index (χ2n) is 7.38. The van der Waals surface area contributed by atoms with Gasteiger partial charge in [0.1, 0.15) is 23.9 Å². The van der Waals surface area contributed by atoms with E-state index in [9.17, 15) is 9.18 Å². The van der Waals surface area contributed by atoms with Gasteiger partial charge in [0.05, 0.1) is 6.54 Å². The van der Waals surface area contributed by atoms with Crippen LogP contribution in [0.2, 0.25) is 0 Å². The minimum atomic E-state index is -0.624. The van der Waals surface area contributed by atoms with Crippen molar-refractivity contribution in [2.45, 2.75) is 45.6 Å². The number of hydrogen-bond acceptors (Lipinski definition) is 3. The Kier molecular flexibility index (Phi) is 7.22. The van der Waals surface area contributed by atoms with E-state index in [-0.39, 0.29) is 17.1 Å². The van der Waals surface area contributed by atoms with E-state index < -0.39 is 6.10 Å². The number of nitrogens with one attached hydrogen (secondary N) is 1. The second-order valence-corrected chi connectivity index (χ2v) is 7.38. The van der Waals surface area contributed by atoms with Crippen LogP contribution in [0.5, 0.6) is 11.5 Å². The van der Waals surface area contributed by atoms with E-state index in [1.165, 1.54) is 29.8 Å². The standard InChI is InChI=1S/C22H28FNO3/c1-5-20(27-19-12-8-17(23)9-13-19)21(25)24-14-15-26-18-10-6-16(7-11-18)22(2,3)4/h6-13,20H,5,14-15H2,1-4H3,(H,24,25)/t20-/m0/s1. The number of carbonyl (C=O) groups excluding carboxylic acids is 1. The van der Waals surface area contributed by atoms with Crippen LogP contribution in [-0.2, 0) is 10.2 Å². The van der Waals surface area contributed by atoms with Gasteiger partial charge in [-0.1, -0.05) is 39.8 Å². The van der Waals surface area contributed by atoms with E-state index in [0.29, 0.717) is 25.3 Å². The zero-order valence-corrected chi connectivity index (χ0v) is 16.4. The van der Waals surface area contributed by atoms with Crippen LogP contribution in [0.4, 0.5) is 4.39 Å². The van der Waals surface area contributed by atoms with E-state index in [2.05, 4.69) is 38.2 Å².